The number of nitrogens with zero attached hydrogens (tertiary/aromatic N) is 1. The van der Waals surface area contributed by atoms with E-state index in [-0.39, 0.29) is 5.96 Å². The maximum Gasteiger partial charge on any atom is 0.257 e. The second-order valence-corrected chi connectivity index (χ2v) is 6.87. The summed E-state index contributed by atoms with van der Waals surface area (Å²) >= 11 is 0. The first-order valence-corrected chi connectivity index (χ1v) is 9.67. The van der Waals surface area contributed by atoms with Crippen molar-refractivity contribution in [2.75, 3.05) is 7.11 Å². The molecule has 0 fully saturated rings. The molecular weight excluding hydrogens is 408 g/mol. The molecule has 162 valence electrons. The summed E-state index contributed by atoms with van der Waals surface area (Å²) in [4.78, 5) is 41.0. The first kappa shape index (κ1) is 22.2. The normalized spacial score (nSPS) is 10.9. The summed E-state index contributed by atoms with van der Waals surface area (Å²) in [6.45, 7) is 1.92. The van der Waals surface area contributed by atoms with Crippen LogP contribution in [0, 0.1) is 6.92 Å². The standard InChI is InChI=1S/C24H22N4O4/c1-15-3-5-17(6-4-15)22(30)27-24(26-19-11-7-16(8-12-19)21(25)29)28-23(31)18-9-13-20(32-2)14-10-18/h3-14H,1-2H3,(H2,25,29)(H2,26,27,28,30,31). The largest absolute Gasteiger partial charge is 0.497 e. The molecule has 0 aliphatic carbocycles. The van der Waals surface area contributed by atoms with Gasteiger partial charge in [-0.25, -0.2) is 4.99 Å². The van der Waals surface area contributed by atoms with Crippen molar-refractivity contribution in [1.29, 1.82) is 0 Å². The zero-order valence-electron chi connectivity index (χ0n) is 17.6. The van der Waals surface area contributed by atoms with Crippen molar-refractivity contribution in [2.45, 2.75) is 6.92 Å². The van der Waals surface area contributed by atoms with Crippen LogP contribution in [0.4, 0.5) is 5.69 Å². The van der Waals surface area contributed by atoms with Gasteiger partial charge in [0.15, 0.2) is 0 Å². The molecule has 0 saturated heterocycles. The number of carbonyl (C=O) groups excluding carboxylic acids is 3. The van der Waals surface area contributed by atoms with Gasteiger partial charge in [0, 0.05) is 16.7 Å². The summed E-state index contributed by atoms with van der Waals surface area (Å²) < 4.78 is 5.10. The van der Waals surface area contributed by atoms with Gasteiger partial charge in [0.2, 0.25) is 11.9 Å². The van der Waals surface area contributed by atoms with Crippen molar-refractivity contribution in [2.24, 2.45) is 10.7 Å². The maximum absolute atomic E-state index is 12.7. The minimum atomic E-state index is -0.568. The highest BCUT2D eigenvalue weighted by Gasteiger charge is 2.14. The van der Waals surface area contributed by atoms with Crippen LogP contribution >= 0.6 is 0 Å². The molecule has 0 aliphatic rings. The van der Waals surface area contributed by atoms with E-state index in [1.807, 2.05) is 19.1 Å². The van der Waals surface area contributed by atoms with Crippen LogP contribution in [-0.2, 0) is 0 Å². The quantitative estimate of drug-likeness (QED) is 0.425. The van der Waals surface area contributed by atoms with Gasteiger partial charge in [-0.3, -0.25) is 25.0 Å². The number of carbonyl (C=O) groups is 3. The average molecular weight is 430 g/mol. The van der Waals surface area contributed by atoms with E-state index in [1.54, 1.807) is 48.5 Å². The van der Waals surface area contributed by atoms with Gasteiger partial charge >= 0.3 is 0 Å². The molecule has 0 heterocycles. The van der Waals surface area contributed by atoms with Gasteiger partial charge in [-0.2, -0.15) is 0 Å². The second-order valence-electron chi connectivity index (χ2n) is 6.87. The van der Waals surface area contributed by atoms with Crippen LogP contribution < -0.4 is 21.1 Å². The predicted octanol–water partition coefficient (Wildman–Crippen LogP) is 2.95. The van der Waals surface area contributed by atoms with Crippen molar-refractivity contribution in [1.82, 2.24) is 10.6 Å². The Hall–Kier alpha value is -4.46. The number of aliphatic imine (C=N–C) groups is 1. The van der Waals surface area contributed by atoms with Crippen LogP contribution in [0.15, 0.2) is 77.8 Å². The molecule has 3 rings (SSSR count). The fourth-order valence-electron chi connectivity index (χ4n) is 2.72. The molecule has 0 unspecified atom stereocenters. The third-order valence-electron chi connectivity index (χ3n) is 4.52. The number of nitrogens with one attached hydrogen (secondary N) is 2. The Balaban J connectivity index is 1.86. The monoisotopic (exact) mass is 430 g/mol. The van der Waals surface area contributed by atoms with Gasteiger partial charge in [-0.05, 0) is 67.6 Å². The summed E-state index contributed by atoms with van der Waals surface area (Å²) in [5, 5.41) is 5.24. The minimum absolute atomic E-state index is 0.0665. The summed E-state index contributed by atoms with van der Waals surface area (Å²) in [6, 6.07) is 19.6. The zero-order chi connectivity index (χ0) is 23.1. The van der Waals surface area contributed by atoms with Crippen molar-refractivity contribution in [3.8, 4) is 5.75 Å². The first-order chi connectivity index (χ1) is 15.4. The smallest absolute Gasteiger partial charge is 0.257 e. The number of nitrogens with two attached hydrogens (primary N) is 1. The number of aryl methyl sites for hydroxylation is 1. The van der Waals surface area contributed by atoms with Gasteiger partial charge < -0.3 is 10.5 Å². The highest BCUT2D eigenvalue weighted by Crippen LogP contribution is 2.14. The third-order valence-corrected chi connectivity index (χ3v) is 4.52. The molecule has 3 aromatic carbocycles. The van der Waals surface area contributed by atoms with Crippen molar-refractivity contribution < 1.29 is 19.1 Å². The Bertz CT molecular complexity index is 1150. The summed E-state index contributed by atoms with van der Waals surface area (Å²) in [6.07, 6.45) is 0. The molecule has 8 nitrogen and oxygen atoms in total. The van der Waals surface area contributed by atoms with Crippen LogP contribution in [0.1, 0.15) is 36.6 Å². The predicted molar refractivity (Wildman–Crippen MR) is 121 cm³/mol. The van der Waals surface area contributed by atoms with Gasteiger partial charge in [0.1, 0.15) is 5.75 Å². The average Bonchev–Trinajstić information content (AvgIpc) is 2.79. The molecular formula is C24H22N4O4. The number of primary amides is 1. The molecule has 0 bridgehead atoms. The Labute approximate surface area is 185 Å². The lowest BCUT2D eigenvalue weighted by molar-refractivity contribution is 0.0963. The van der Waals surface area contributed by atoms with E-state index >= 15 is 0 Å². The number of benzene rings is 3. The molecule has 3 amide bonds. The molecule has 0 atom stereocenters. The number of guanidine groups is 1. The number of hydrogen-bond donors (Lipinski definition) is 3. The molecule has 8 heteroatoms. The summed E-state index contributed by atoms with van der Waals surface area (Å²) in [5.41, 5.74) is 7.76. The summed E-state index contributed by atoms with van der Waals surface area (Å²) in [5.74, 6) is -0.931. The van der Waals surface area contributed by atoms with E-state index in [0.29, 0.717) is 28.1 Å². The second kappa shape index (κ2) is 10.0. The highest BCUT2D eigenvalue weighted by molar-refractivity contribution is 6.13. The lowest BCUT2D eigenvalue weighted by atomic mass is 10.1. The number of hydrogen-bond acceptors (Lipinski definition) is 5. The van der Waals surface area contributed by atoms with Gasteiger partial charge in [0.05, 0.1) is 12.8 Å². The minimum Gasteiger partial charge on any atom is -0.497 e. The number of amides is 3. The third kappa shape index (κ3) is 5.79. The molecule has 0 aromatic heterocycles. The van der Waals surface area contributed by atoms with Crippen LogP contribution in [-0.4, -0.2) is 30.8 Å². The first-order valence-electron chi connectivity index (χ1n) is 9.67. The van der Waals surface area contributed by atoms with E-state index in [1.165, 1.54) is 19.2 Å². The molecule has 3 aromatic rings. The van der Waals surface area contributed by atoms with Crippen molar-refractivity contribution in [3.63, 3.8) is 0 Å². The number of methoxy groups -OCH3 is 1. The van der Waals surface area contributed by atoms with E-state index in [2.05, 4.69) is 15.6 Å². The lowest BCUT2D eigenvalue weighted by Crippen LogP contribution is -2.43. The van der Waals surface area contributed by atoms with E-state index in [0.717, 1.165) is 5.56 Å². The SMILES string of the molecule is COc1ccc(C(=O)NC(=Nc2ccc(C(N)=O)cc2)NC(=O)c2ccc(C)cc2)cc1. The number of ether oxygens (including phenoxy) is 1. The van der Waals surface area contributed by atoms with Crippen molar-refractivity contribution >= 4 is 29.4 Å². The molecule has 0 aliphatic heterocycles. The molecule has 0 saturated carbocycles. The van der Waals surface area contributed by atoms with Gasteiger partial charge in [-0.1, -0.05) is 17.7 Å². The van der Waals surface area contributed by atoms with Crippen LogP contribution in [0.25, 0.3) is 0 Å². The molecule has 4 N–H and O–H groups in total. The van der Waals surface area contributed by atoms with Gasteiger partial charge in [0.25, 0.3) is 11.8 Å². The zero-order valence-corrected chi connectivity index (χ0v) is 17.6. The Morgan fingerprint density at radius 3 is 1.69 bits per heavy atom. The van der Waals surface area contributed by atoms with E-state index in [9.17, 15) is 14.4 Å². The van der Waals surface area contributed by atoms with Crippen molar-refractivity contribution in [3.05, 3.63) is 95.1 Å². The Morgan fingerprint density at radius 2 is 1.22 bits per heavy atom. The van der Waals surface area contributed by atoms with Crippen LogP contribution in [0.2, 0.25) is 0 Å². The fraction of sp³-hybridized carbons (Fsp3) is 0.0833. The topological polar surface area (TPSA) is 123 Å². The van der Waals surface area contributed by atoms with Crippen LogP contribution in [0.5, 0.6) is 5.75 Å². The lowest BCUT2D eigenvalue weighted by Gasteiger charge is -2.11. The fourth-order valence-corrected chi connectivity index (χ4v) is 2.72. The van der Waals surface area contributed by atoms with Gasteiger partial charge in [-0.15, -0.1) is 0 Å². The molecule has 0 spiro atoms. The van der Waals surface area contributed by atoms with E-state index < -0.39 is 17.7 Å². The van der Waals surface area contributed by atoms with Crippen LogP contribution in [0.3, 0.4) is 0 Å². The van der Waals surface area contributed by atoms with E-state index in [4.69, 9.17) is 10.5 Å². The molecule has 32 heavy (non-hydrogen) atoms. The highest BCUT2D eigenvalue weighted by atomic mass is 16.5. The Kier molecular flexibility index (Phi) is 6.97. The maximum atomic E-state index is 12.7. The number of rotatable bonds is 5. The molecule has 0 radical (unpaired) electrons. The Morgan fingerprint density at radius 1 is 0.750 bits per heavy atom. The summed E-state index contributed by atoms with van der Waals surface area (Å²) in [7, 11) is 1.53.